The first kappa shape index (κ1) is 68.8. The minimum atomic E-state index is -1.79. The van der Waals surface area contributed by atoms with E-state index in [1.807, 2.05) is 6.08 Å². The highest BCUT2D eigenvalue weighted by atomic mass is 16.7. The summed E-state index contributed by atoms with van der Waals surface area (Å²) in [6.45, 7) is 2.83. The smallest absolute Gasteiger partial charge is 0.220 e. The predicted molar refractivity (Wildman–Crippen MR) is 295 cm³/mol. The fraction of sp³-hybridized carbons (Fsp3) is 0.950. The molecule has 0 radical (unpaired) electrons. The summed E-state index contributed by atoms with van der Waals surface area (Å²) in [5.74, 6) is -0.233. The number of carbonyl (C=O) groups excluding carboxylic acids is 1. The summed E-state index contributed by atoms with van der Waals surface area (Å²) in [5, 5.41) is 87.1. The monoisotopic (exact) mass is 1060 g/mol. The highest BCUT2D eigenvalue weighted by Gasteiger charge is 2.51. The number of carbonyl (C=O) groups is 1. The summed E-state index contributed by atoms with van der Waals surface area (Å²) in [7, 11) is 0. The number of amides is 1. The number of unbranched alkanes of at least 4 members (excludes halogenated alkanes) is 37. The Hall–Kier alpha value is -1.27. The molecule has 2 rings (SSSR count). The van der Waals surface area contributed by atoms with Crippen molar-refractivity contribution in [1.82, 2.24) is 5.32 Å². The van der Waals surface area contributed by atoms with Crippen LogP contribution in [0, 0.1) is 0 Å². The highest BCUT2D eigenvalue weighted by molar-refractivity contribution is 5.76. The van der Waals surface area contributed by atoms with Crippen LogP contribution in [0.25, 0.3) is 0 Å². The van der Waals surface area contributed by atoms with E-state index in [4.69, 9.17) is 18.9 Å². The Bertz CT molecular complexity index is 1290. The third kappa shape index (κ3) is 32.0. The summed E-state index contributed by atoms with van der Waals surface area (Å²) < 4.78 is 22.8. The molecule has 438 valence electrons. The van der Waals surface area contributed by atoms with Crippen LogP contribution in [0.4, 0.5) is 0 Å². The third-order valence-corrected chi connectivity index (χ3v) is 15.5. The SMILES string of the molecule is CCCCCCCCCCCCCCC/C=C/[C@@H](O)[C@H](CO[C@@H]1O[C@H](CO)[C@@H](O[C@@H]2O[C@H](CO)[C@H](O)C(O)C2O)C(O)C1O)NC(=O)CCCCCCCCCCCCCCCCCCCCCCCCCCC. The van der Waals surface area contributed by atoms with E-state index in [1.54, 1.807) is 6.08 Å². The van der Waals surface area contributed by atoms with Crippen LogP contribution in [0.2, 0.25) is 0 Å². The van der Waals surface area contributed by atoms with Crippen molar-refractivity contribution in [2.45, 2.75) is 344 Å². The molecule has 0 aromatic carbocycles. The Balaban J connectivity index is 1.71. The van der Waals surface area contributed by atoms with Gasteiger partial charge in [-0.2, -0.15) is 0 Å². The molecule has 1 amide bonds. The van der Waals surface area contributed by atoms with E-state index in [-0.39, 0.29) is 18.9 Å². The lowest BCUT2D eigenvalue weighted by molar-refractivity contribution is -0.359. The van der Waals surface area contributed by atoms with Gasteiger partial charge in [0.25, 0.3) is 0 Å². The maximum absolute atomic E-state index is 13.3. The fourth-order valence-electron chi connectivity index (χ4n) is 10.5. The van der Waals surface area contributed by atoms with Crippen LogP contribution in [0.5, 0.6) is 0 Å². The number of rotatable bonds is 50. The zero-order chi connectivity index (χ0) is 53.9. The van der Waals surface area contributed by atoms with Gasteiger partial charge in [0.05, 0.1) is 32.0 Å². The van der Waals surface area contributed by atoms with E-state index in [0.29, 0.717) is 6.42 Å². The fourth-order valence-corrected chi connectivity index (χ4v) is 10.5. The molecule has 14 heteroatoms. The van der Waals surface area contributed by atoms with Gasteiger partial charge >= 0.3 is 0 Å². The molecule has 0 saturated carbocycles. The Morgan fingerprint density at radius 3 is 1.24 bits per heavy atom. The van der Waals surface area contributed by atoms with Gasteiger partial charge in [-0.3, -0.25) is 4.79 Å². The molecule has 0 aliphatic carbocycles. The average Bonchev–Trinajstić information content (AvgIpc) is 3.40. The average molecular weight is 1060 g/mol. The van der Waals surface area contributed by atoms with Crippen LogP contribution < -0.4 is 5.32 Å². The summed E-state index contributed by atoms with van der Waals surface area (Å²) in [6.07, 6.45) is 36.8. The topological polar surface area (TPSA) is 228 Å². The van der Waals surface area contributed by atoms with Crippen molar-refractivity contribution in [3.63, 3.8) is 0 Å². The van der Waals surface area contributed by atoms with Crippen LogP contribution in [0.15, 0.2) is 12.2 Å². The normalized spacial score (nSPS) is 25.2. The molecule has 9 N–H and O–H groups in total. The second-order valence-corrected chi connectivity index (χ2v) is 22.2. The van der Waals surface area contributed by atoms with Crippen molar-refractivity contribution >= 4 is 5.91 Å². The van der Waals surface area contributed by atoms with E-state index >= 15 is 0 Å². The molecule has 74 heavy (non-hydrogen) atoms. The quantitative estimate of drug-likeness (QED) is 0.0204. The van der Waals surface area contributed by atoms with Crippen LogP contribution >= 0.6 is 0 Å². The second kappa shape index (κ2) is 46.6. The Morgan fingerprint density at radius 2 is 0.838 bits per heavy atom. The van der Waals surface area contributed by atoms with Gasteiger partial charge in [-0.1, -0.05) is 257 Å². The molecule has 12 atom stereocenters. The van der Waals surface area contributed by atoms with Crippen LogP contribution in [-0.2, 0) is 23.7 Å². The van der Waals surface area contributed by atoms with Crippen molar-refractivity contribution in [2.24, 2.45) is 0 Å². The number of aliphatic hydroxyl groups excluding tert-OH is 8. The number of hydrogen-bond donors (Lipinski definition) is 9. The van der Waals surface area contributed by atoms with Crippen molar-refractivity contribution in [1.29, 1.82) is 0 Å². The van der Waals surface area contributed by atoms with Crippen LogP contribution in [0.3, 0.4) is 0 Å². The number of allylic oxidation sites excluding steroid dienone is 1. The van der Waals surface area contributed by atoms with Gasteiger partial charge in [-0.15, -0.1) is 0 Å². The predicted octanol–water partition coefficient (Wildman–Crippen LogP) is 10.7. The lowest BCUT2D eigenvalue weighted by atomic mass is 9.97. The molecule has 4 unspecified atom stereocenters. The van der Waals surface area contributed by atoms with Crippen molar-refractivity contribution in [3.05, 3.63) is 12.2 Å². The Kier molecular flexibility index (Phi) is 43.4. The zero-order valence-corrected chi connectivity index (χ0v) is 47.1. The number of nitrogens with one attached hydrogen (secondary N) is 1. The molecule has 2 saturated heterocycles. The molecular weight excluding hydrogens is 943 g/mol. The molecule has 0 spiro atoms. The minimum absolute atomic E-state index is 0.233. The standard InChI is InChI=1S/C60H115NO13/c1-3-5-7-9-11-13-15-17-19-20-21-22-23-24-25-26-27-28-30-32-34-36-38-40-42-44-52(65)61-48(49(64)43-41-39-37-35-33-31-29-18-16-14-12-10-8-6-4-2)47-71-59-57(70)55(68)58(51(46-63)73-59)74-60-56(69)54(67)53(66)50(45-62)72-60/h41,43,48-51,53-60,62-64,66-70H,3-40,42,44-47H2,1-2H3,(H,61,65)/b43-41+/t48-,49+,50+,51+,53-,54?,55?,56?,57?,58+,59+,60-/m0/s1. The summed E-state index contributed by atoms with van der Waals surface area (Å²) in [5.41, 5.74) is 0. The van der Waals surface area contributed by atoms with Gasteiger partial charge < -0.3 is 65.1 Å². The summed E-state index contributed by atoms with van der Waals surface area (Å²) in [4.78, 5) is 13.3. The maximum atomic E-state index is 13.3. The molecule has 2 aliphatic heterocycles. The van der Waals surface area contributed by atoms with Crippen molar-refractivity contribution < 1.29 is 64.6 Å². The molecule has 0 aromatic rings. The van der Waals surface area contributed by atoms with E-state index in [9.17, 15) is 45.6 Å². The van der Waals surface area contributed by atoms with Gasteiger partial charge in [0.1, 0.15) is 48.8 Å². The highest BCUT2D eigenvalue weighted by Crippen LogP contribution is 2.30. The van der Waals surface area contributed by atoms with Gasteiger partial charge in [0.2, 0.25) is 5.91 Å². The van der Waals surface area contributed by atoms with Gasteiger partial charge in [0, 0.05) is 6.42 Å². The third-order valence-electron chi connectivity index (χ3n) is 15.5. The Morgan fingerprint density at radius 1 is 0.473 bits per heavy atom. The first-order valence-corrected chi connectivity index (χ1v) is 30.9. The minimum Gasteiger partial charge on any atom is -0.394 e. The van der Waals surface area contributed by atoms with Gasteiger partial charge in [-0.25, -0.2) is 0 Å². The van der Waals surface area contributed by atoms with Gasteiger partial charge in [0.15, 0.2) is 12.6 Å². The number of hydrogen-bond acceptors (Lipinski definition) is 13. The molecule has 2 fully saturated rings. The first-order chi connectivity index (χ1) is 36.1. The molecule has 0 aromatic heterocycles. The number of ether oxygens (including phenoxy) is 4. The lowest BCUT2D eigenvalue weighted by Crippen LogP contribution is -2.65. The second-order valence-electron chi connectivity index (χ2n) is 22.2. The molecule has 2 heterocycles. The van der Waals surface area contributed by atoms with Crippen LogP contribution in [-0.4, -0.2) is 140 Å². The van der Waals surface area contributed by atoms with E-state index < -0.39 is 86.8 Å². The molecule has 0 bridgehead atoms. The largest absolute Gasteiger partial charge is 0.394 e. The van der Waals surface area contributed by atoms with E-state index in [1.165, 1.54) is 205 Å². The number of aliphatic hydroxyl groups is 8. The van der Waals surface area contributed by atoms with Crippen molar-refractivity contribution in [3.8, 4) is 0 Å². The maximum Gasteiger partial charge on any atom is 0.220 e. The lowest BCUT2D eigenvalue weighted by Gasteiger charge is -2.46. The Labute approximate surface area is 450 Å². The summed E-state index contributed by atoms with van der Waals surface area (Å²) in [6, 6.07) is -0.909. The zero-order valence-electron chi connectivity index (χ0n) is 47.1. The molecular formula is C60H115NO13. The molecule has 14 nitrogen and oxygen atoms in total. The van der Waals surface area contributed by atoms with Crippen molar-refractivity contribution in [2.75, 3.05) is 19.8 Å². The summed E-state index contributed by atoms with van der Waals surface area (Å²) >= 11 is 0. The van der Waals surface area contributed by atoms with Crippen LogP contribution in [0.1, 0.15) is 271 Å². The van der Waals surface area contributed by atoms with E-state index in [0.717, 1.165) is 38.5 Å². The van der Waals surface area contributed by atoms with Gasteiger partial charge in [-0.05, 0) is 19.3 Å². The first-order valence-electron chi connectivity index (χ1n) is 30.9. The van der Waals surface area contributed by atoms with E-state index in [2.05, 4.69) is 19.2 Å². The molecule has 2 aliphatic rings.